The number of ketones is 1. The molecule has 0 saturated heterocycles. The highest BCUT2D eigenvalue weighted by Gasteiger charge is 2.44. The Morgan fingerprint density at radius 1 is 1.31 bits per heavy atom. The van der Waals surface area contributed by atoms with Crippen LogP contribution in [0.2, 0.25) is 0 Å². The summed E-state index contributed by atoms with van der Waals surface area (Å²) in [5.74, 6) is 3.28. The lowest BCUT2D eigenvalue weighted by atomic mass is 9.68. The van der Waals surface area contributed by atoms with E-state index in [1.54, 1.807) is 0 Å². The molecule has 1 nitrogen and oxygen atoms in total. The van der Waals surface area contributed by atoms with E-state index < -0.39 is 0 Å². The van der Waals surface area contributed by atoms with Crippen molar-refractivity contribution in [2.45, 2.75) is 46.0 Å². The summed E-state index contributed by atoms with van der Waals surface area (Å²) in [6.07, 6.45) is 5.99. The monoisotopic (exact) mass is 180 g/mol. The topological polar surface area (TPSA) is 17.1 Å². The van der Waals surface area contributed by atoms with Crippen LogP contribution in [-0.2, 0) is 4.79 Å². The minimum atomic E-state index is 0.443. The van der Waals surface area contributed by atoms with E-state index in [0.29, 0.717) is 17.6 Å². The summed E-state index contributed by atoms with van der Waals surface area (Å²) < 4.78 is 0. The van der Waals surface area contributed by atoms with Crippen molar-refractivity contribution < 1.29 is 4.79 Å². The van der Waals surface area contributed by atoms with Gasteiger partial charge in [0.2, 0.25) is 0 Å². The zero-order valence-electron chi connectivity index (χ0n) is 8.75. The molecule has 2 aliphatic rings. The second-order valence-corrected chi connectivity index (χ2v) is 4.92. The lowest BCUT2D eigenvalue weighted by Gasteiger charge is -2.36. The average Bonchev–Trinajstić information content (AvgIpc) is 2.50. The molecule has 4 unspecified atom stereocenters. The molecule has 0 aromatic carbocycles. The second kappa shape index (κ2) is 3.43. The maximum absolute atomic E-state index is 11.7. The maximum Gasteiger partial charge on any atom is 0.136 e. The summed E-state index contributed by atoms with van der Waals surface area (Å²) in [6.45, 7) is 4.55. The second-order valence-electron chi connectivity index (χ2n) is 4.92. The normalized spacial score (nSPS) is 44.9. The first-order valence-electron chi connectivity index (χ1n) is 5.76. The number of carbonyl (C=O) groups excluding carboxylic acids is 1. The predicted octanol–water partition coefficient (Wildman–Crippen LogP) is 3.04. The van der Waals surface area contributed by atoms with Gasteiger partial charge < -0.3 is 0 Å². The van der Waals surface area contributed by atoms with Crippen LogP contribution in [0.25, 0.3) is 0 Å². The van der Waals surface area contributed by atoms with Crippen LogP contribution in [0.1, 0.15) is 46.0 Å². The Morgan fingerprint density at radius 3 is 2.77 bits per heavy atom. The van der Waals surface area contributed by atoms with Crippen molar-refractivity contribution in [2.24, 2.45) is 23.7 Å². The van der Waals surface area contributed by atoms with Crippen LogP contribution < -0.4 is 0 Å². The van der Waals surface area contributed by atoms with Gasteiger partial charge in [-0.2, -0.15) is 0 Å². The molecule has 13 heavy (non-hydrogen) atoms. The minimum Gasteiger partial charge on any atom is -0.299 e. The lowest BCUT2D eigenvalue weighted by molar-refractivity contribution is -0.124. The molecule has 0 bridgehead atoms. The molecular weight excluding hydrogens is 160 g/mol. The molecule has 0 aromatic heterocycles. The summed E-state index contributed by atoms with van der Waals surface area (Å²) >= 11 is 0. The van der Waals surface area contributed by atoms with Gasteiger partial charge in [-0.15, -0.1) is 0 Å². The largest absolute Gasteiger partial charge is 0.299 e. The van der Waals surface area contributed by atoms with Crippen LogP contribution >= 0.6 is 0 Å². The standard InChI is InChI=1S/C12H20O/c1-3-9-5-4-8(2)12-10(9)6-7-11(12)13/h8-10,12H,3-7H2,1-2H3. The van der Waals surface area contributed by atoms with Gasteiger partial charge in [-0.1, -0.05) is 20.3 Å². The van der Waals surface area contributed by atoms with Crippen molar-refractivity contribution in [1.82, 2.24) is 0 Å². The van der Waals surface area contributed by atoms with Crippen molar-refractivity contribution in [3.63, 3.8) is 0 Å². The molecule has 2 aliphatic carbocycles. The van der Waals surface area contributed by atoms with E-state index >= 15 is 0 Å². The SMILES string of the molecule is CCC1CCC(C)C2C(=O)CCC12. The number of fused-ring (bicyclic) bond motifs is 1. The molecule has 0 heterocycles. The van der Waals surface area contributed by atoms with Gasteiger partial charge in [0.05, 0.1) is 0 Å². The molecule has 2 fully saturated rings. The molecule has 0 spiro atoms. The van der Waals surface area contributed by atoms with Crippen molar-refractivity contribution in [1.29, 1.82) is 0 Å². The molecular formula is C12H20O. The summed E-state index contributed by atoms with van der Waals surface area (Å²) in [5.41, 5.74) is 0. The maximum atomic E-state index is 11.7. The van der Waals surface area contributed by atoms with Gasteiger partial charge in [-0.3, -0.25) is 4.79 Å². The van der Waals surface area contributed by atoms with E-state index in [-0.39, 0.29) is 0 Å². The Balaban J connectivity index is 2.15. The van der Waals surface area contributed by atoms with E-state index in [2.05, 4.69) is 13.8 Å². The molecule has 1 heteroatoms. The quantitative estimate of drug-likeness (QED) is 0.606. The van der Waals surface area contributed by atoms with E-state index in [0.717, 1.165) is 18.3 Å². The first-order chi connectivity index (χ1) is 6.24. The molecule has 0 N–H and O–H groups in total. The first kappa shape index (κ1) is 9.23. The number of hydrogen-bond donors (Lipinski definition) is 0. The smallest absolute Gasteiger partial charge is 0.136 e. The van der Waals surface area contributed by atoms with E-state index in [1.165, 1.54) is 25.7 Å². The number of carbonyl (C=O) groups is 1. The predicted molar refractivity (Wildman–Crippen MR) is 53.4 cm³/mol. The highest BCUT2D eigenvalue weighted by Crippen LogP contribution is 2.47. The summed E-state index contributed by atoms with van der Waals surface area (Å²) in [7, 11) is 0. The molecule has 0 aromatic rings. The minimum absolute atomic E-state index is 0.443. The van der Waals surface area contributed by atoms with Gasteiger partial charge in [-0.25, -0.2) is 0 Å². The van der Waals surface area contributed by atoms with Gasteiger partial charge in [0.15, 0.2) is 0 Å². The molecule has 0 amide bonds. The Bertz CT molecular complexity index is 209. The molecule has 0 aliphatic heterocycles. The van der Waals surface area contributed by atoms with Crippen LogP contribution in [0.4, 0.5) is 0 Å². The first-order valence-corrected chi connectivity index (χ1v) is 5.76. The zero-order valence-corrected chi connectivity index (χ0v) is 8.75. The fourth-order valence-electron chi connectivity index (χ4n) is 3.54. The molecule has 2 saturated carbocycles. The van der Waals surface area contributed by atoms with Crippen molar-refractivity contribution in [2.75, 3.05) is 0 Å². The van der Waals surface area contributed by atoms with Crippen molar-refractivity contribution >= 4 is 5.78 Å². The third kappa shape index (κ3) is 1.43. The average molecular weight is 180 g/mol. The van der Waals surface area contributed by atoms with Crippen LogP contribution in [0, 0.1) is 23.7 Å². The number of hydrogen-bond acceptors (Lipinski definition) is 1. The molecule has 2 rings (SSSR count). The van der Waals surface area contributed by atoms with Gasteiger partial charge >= 0.3 is 0 Å². The Morgan fingerprint density at radius 2 is 2.08 bits per heavy atom. The molecule has 74 valence electrons. The van der Waals surface area contributed by atoms with Crippen LogP contribution in [-0.4, -0.2) is 5.78 Å². The zero-order chi connectivity index (χ0) is 9.42. The third-order valence-electron chi connectivity index (χ3n) is 4.29. The molecule has 4 atom stereocenters. The highest BCUT2D eigenvalue weighted by molar-refractivity contribution is 5.83. The lowest BCUT2D eigenvalue weighted by Crippen LogP contribution is -2.32. The van der Waals surface area contributed by atoms with Crippen molar-refractivity contribution in [3.05, 3.63) is 0 Å². The van der Waals surface area contributed by atoms with E-state index in [1.807, 2.05) is 0 Å². The third-order valence-corrected chi connectivity index (χ3v) is 4.29. The Kier molecular flexibility index (Phi) is 2.44. The Hall–Kier alpha value is -0.330. The van der Waals surface area contributed by atoms with Gasteiger partial charge in [0.1, 0.15) is 5.78 Å². The fourth-order valence-corrected chi connectivity index (χ4v) is 3.54. The van der Waals surface area contributed by atoms with Gasteiger partial charge in [0.25, 0.3) is 0 Å². The van der Waals surface area contributed by atoms with E-state index in [4.69, 9.17) is 0 Å². The number of rotatable bonds is 1. The number of Topliss-reactive ketones (excluding diaryl/α,β-unsaturated/α-hetero) is 1. The summed E-state index contributed by atoms with van der Waals surface area (Å²) in [4.78, 5) is 11.7. The fraction of sp³-hybridized carbons (Fsp3) is 0.917. The highest BCUT2D eigenvalue weighted by atomic mass is 16.1. The summed E-state index contributed by atoms with van der Waals surface area (Å²) in [5, 5.41) is 0. The van der Waals surface area contributed by atoms with Crippen LogP contribution in [0.3, 0.4) is 0 Å². The van der Waals surface area contributed by atoms with E-state index in [9.17, 15) is 4.79 Å². The molecule has 0 radical (unpaired) electrons. The Labute approximate surface area is 80.9 Å². The van der Waals surface area contributed by atoms with Crippen LogP contribution in [0.15, 0.2) is 0 Å². The van der Waals surface area contributed by atoms with Crippen molar-refractivity contribution in [3.8, 4) is 0 Å². The summed E-state index contributed by atoms with van der Waals surface area (Å²) in [6, 6.07) is 0. The van der Waals surface area contributed by atoms with Gasteiger partial charge in [-0.05, 0) is 37.0 Å². The van der Waals surface area contributed by atoms with Gasteiger partial charge in [0, 0.05) is 12.3 Å². The van der Waals surface area contributed by atoms with Crippen LogP contribution in [0.5, 0.6) is 0 Å².